The molecule has 6 heteroatoms. The smallest absolute Gasteiger partial charge is 0.410 e. The SMILES string of the molecule is COc1ccc(CC(C(C)=O)N(CCC(c2ccccc2)c2ccccc2)C(=O)OCc2ccccc2)cc1OC. The van der Waals surface area contributed by atoms with Crippen LogP contribution in [0.3, 0.4) is 0 Å². The lowest BCUT2D eigenvalue weighted by Gasteiger charge is -2.31. The van der Waals surface area contributed by atoms with E-state index in [0.29, 0.717) is 30.9 Å². The van der Waals surface area contributed by atoms with Gasteiger partial charge < -0.3 is 14.2 Å². The Hall–Kier alpha value is -4.58. The first-order valence-electron chi connectivity index (χ1n) is 13.8. The average Bonchev–Trinajstić information content (AvgIpc) is 3.02. The molecular formula is C35H37NO5. The molecule has 0 spiro atoms. The molecule has 0 saturated carbocycles. The van der Waals surface area contributed by atoms with Gasteiger partial charge in [0, 0.05) is 18.9 Å². The van der Waals surface area contributed by atoms with E-state index in [1.165, 1.54) is 6.92 Å². The highest BCUT2D eigenvalue weighted by Gasteiger charge is 2.30. The number of methoxy groups -OCH3 is 2. The van der Waals surface area contributed by atoms with E-state index < -0.39 is 12.1 Å². The number of benzene rings is 4. The molecule has 1 atom stereocenters. The molecule has 4 aromatic carbocycles. The largest absolute Gasteiger partial charge is 0.493 e. The van der Waals surface area contributed by atoms with E-state index in [9.17, 15) is 9.59 Å². The highest BCUT2D eigenvalue weighted by molar-refractivity contribution is 5.85. The third kappa shape index (κ3) is 7.98. The Morgan fingerprint density at radius 3 is 1.80 bits per heavy atom. The van der Waals surface area contributed by atoms with Crippen LogP contribution in [0, 0.1) is 0 Å². The number of Topliss-reactive ketones (excluding diaryl/α,β-unsaturated/α-hetero) is 1. The van der Waals surface area contributed by atoms with Gasteiger partial charge in [-0.15, -0.1) is 0 Å². The van der Waals surface area contributed by atoms with Crippen LogP contribution >= 0.6 is 0 Å². The summed E-state index contributed by atoms with van der Waals surface area (Å²) < 4.78 is 16.6. The fourth-order valence-corrected chi connectivity index (χ4v) is 5.05. The van der Waals surface area contributed by atoms with Crippen molar-refractivity contribution in [2.75, 3.05) is 20.8 Å². The van der Waals surface area contributed by atoms with Gasteiger partial charge in [0.15, 0.2) is 17.3 Å². The van der Waals surface area contributed by atoms with Crippen molar-refractivity contribution >= 4 is 11.9 Å². The second-order valence-corrected chi connectivity index (χ2v) is 9.92. The van der Waals surface area contributed by atoms with E-state index in [1.54, 1.807) is 19.1 Å². The van der Waals surface area contributed by atoms with Crippen molar-refractivity contribution in [1.29, 1.82) is 0 Å². The topological polar surface area (TPSA) is 65.1 Å². The van der Waals surface area contributed by atoms with Crippen LogP contribution in [0.2, 0.25) is 0 Å². The number of hydrogen-bond acceptors (Lipinski definition) is 5. The molecule has 0 heterocycles. The Labute approximate surface area is 242 Å². The van der Waals surface area contributed by atoms with Crippen molar-refractivity contribution in [2.45, 2.75) is 38.3 Å². The number of carbonyl (C=O) groups is 2. The predicted molar refractivity (Wildman–Crippen MR) is 160 cm³/mol. The summed E-state index contributed by atoms with van der Waals surface area (Å²) in [4.78, 5) is 28.4. The van der Waals surface area contributed by atoms with Gasteiger partial charge in [-0.25, -0.2) is 4.79 Å². The van der Waals surface area contributed by atoms with Gasteiger partial charge >= 0.3 is 6.09 Å². The quantitative estimate of drug-likeness (QED) is 0.178. The predicted octanol–water partition coefficient (Wildman–Crippen LogP) is 7.06. The number of ketones is 1. The number of amides is 1. The molecule has 0 aromatic heterocycles. The van der Waals surface area contributed by atoms with Crippen molar-refractivity contribution in [1.82, 2.24) is 4.90 Å². The Bertz CT molecular complexity index is 1350. The molecule has 0 aliphatic carbocycles. The maximum Gasteiger partial charge on any atom is 0.410 e. The summed E-state index contributed by atoms with van der Waals surface area (Å²) in [5, 5.41) is 0. The summed E-state index contributed by atoms with van der Waals surface area (Å²) in [6, 6.07) is 34.8. The molecule has 4 rings (SSSR count). The van der Waals surface area contributed by atoms with Crippen molar-refractivity contribution < 1.29 is 23.8 Å². The zero-order valence-electron chi connectivity index (χ0n) is 23.9. The van der Waals surface area contributed by atoms with Crippen LogP contribution in [0.15, 0.2) is 109 Å². The maximum absolute atomic E-state index is 13.7. The third-order valence-corrected chi connectivity index (χ3v) is 7.22. The molecule has 0 fully saturated rings. The van der Waals surface area contributed by atoms with Crippen molar-refractivity contribution in [2.24, 2.45) is 0 Å². The minimum atomic E-state index is -0.719. The molecule has 0 aliphatic rings. The van der Waals surface area contributed by atoms with E-state index in [2.05, 4.69) is 24.3 Å². The highest BCUT2D eigenvalue weighted by atomic mass is 16.6. The molecule has 1 amide bonds. The lowest BCUT2D eigenvalue weighted by Crippen LogP contribution is -2.46. The van der Waals surface area contributed by atoms with Crippen LogP contribution < -0.4 is 9.47 Å². The molecule has 6 nitrogen and oxygen atoms in total. The normalized spacial score (nSPS) is 11.5. The lowest BCUT2D eigenvalue weighted by molar-refractivity contribution is -0.121. The van der Waals surface area contributed by atoms with Crippen molar-refractivity contribution in [3.63, 3.8) is 0 Å². The molecule has 0 aliphatic heterocycles. The van der Waals surface area contributed by atoms with E-state index in [1.807, 2.05) is 84.9 Å². The zero-order valence-corrected chi connectivity index (χ0v) is 23.9. The van der Waals surface area contributed by atoms with Gasteiger partial charge in [0.05, 0.1) is 20.3 Å². The fraction of sp³-hybridized carbons (Fsp3) is 0.257. The number of rotatable bonds is 13. The van der Waals surface area contributed by atoms with Crippen molar-refractivity contribution in [3.8, 4) is 11.5 Å². The molecule has 0 radical (unpaired) electrons. The first-order valence-corrected chi connectivity index (χ1v) is 13.8. The van der Waals surface area contributed by atoms with Crippen molar-refractivity contribution in [3.05, 3.63) is 131 Å². The van der Waals surface area contributed by atoms with Gasteiger partial charge in [0.25, 0.3) is 0 Å². The van der Waals surface area contributed by atoms with Gasteiger partial charge in [0.2, 0.25) is 0 Å². The van der Waals surface area contributed by atoms with Gasteiger partial charge in [-0.05, 0) is 47.7 Å². The highest BCUT2D eigenvalue weighted by Crippen LogP contribution is 2.31. The van der Waals surface area contributed by atoms with Crippen LogP contribution in [-0.4, -0.2) is 43.6 Å². The minimum Gasteiger partial charge on any atom is -0.493 e. The van der Waals surface area contributed by atoms with E-state index in [-0.39, 0.29) is 18.3 Å². The molecule has 0 N–H and O–H groups in total. The number of nitrogens with zero attached hydrogens (tertiary/aromatic N) is 1. The number of carbonyl (C=O) groups excluding carboxylic acids is 2. The van der Waals surface area contributed by atoms with Crippen LogP contribution in [0.4, 0.5) is 4.79 Å². The first-order chi connectivity index (χ1) is 20.0. The van der Waals surface area contributed by atoms with Crippen LogP contribution in [0.5, 0.6) is 11.5 Å². The van der Waals surface area contributed by atoms with Gasteiger partial charge in [-0.1, -0.05) is 97.1 Å². The molecule has 4 aromatic rings. The Balaban J connectivity index is 1.63. The van der Waals surface area contributed by atoms with Gasteiger partial charge in [-0.2, -0.15) is 0 Å². The number of hydrogen-bond donors (Lipinski definition) is 0. The summed E-state index contributed by atoms with van der Waals surface area (Å²) in [7, 11) is 3.15. The Morgan fingerprint density at radius 2 is 1.27 bits per heavy atom. The van der Waals surface area contributed by atoms with Crippen LogP contribution in [-0.2, 0) is 22.6 Å². The van der Waals surface area contributed by atoms with Crippen LogP contribution in [0.25, 0.3) is 0 Å². The Morgan fingerprint density at radius 1 is 0.707 bits per heavy atom. The third-order valence-electron chi connectivity index (χ3n) is 7.22. The van der Waals surface area contributed by atoms with E-state index in [0.717, 1.165) is 22.3 Å². The second-order valence-electron chi connectivity index (χ2n) is 9.92. The first kappa shape index (κ1) is 29.4. The van der Waals surface area contributed by atoms with Crippen LogP contribution in [0.1, 0.15) is 41.5 Å². The molecular weight excluding hydrogens is 514 g/mol. The fourth-order valence-electron chi connectivity index (χ4n) is 5.05. The van der Waals surface area contributed by atoms with Gasteiger partial charge in [0.1, 0.15) is 6.61 Å². The molecule has 212 valence electrons. The molecule has 41 heavy (non-hydrogen) atoms. The Kier molecular flexibility index (Phi) is 10.5. The zero-order chi connectivity index (χ0) is 29.0. The standard InChI is InChI=1S/C35H37NO5/c1-26(37)32(23-28-19-20-33(39-2)34(24-28)40-3)36(35(38)41-25-27-13-7-4-8-14-27)22-21-31(29-15-9-5-10-16-29)30-17-11-6-12-18-30/h4-20,24,31-32H,21-23,25H2,1-3H3. The van der Waals surface area contributed by atoms with E-state index >= 15 is 0 Å². The maximum atomic E-state index is 13.7. The van der Waals surface area contributed by atoms with Gasteiger partial charge in [-0.3, -0.25) is 9.69 Å². The molecule has 1 unspecified atom stereocenters. The summed E-state index contributed by atoms with van der Waals surface area (Å²) in [5.74, 6) is 1.09. The van der Waals surface area contributed by atoms with E-state index in [4.69, 9.17) is 14.2 Å². The number of ether oxygens (including phenoxy) is 3. The summed E-state index contributed by atoms with van der Waals surface area (Å²) >= 11 is 0. The molecule has 0 bridgehead atoms. The average molecular weight is 552 g/mol. The summed E-state index contributed by atoms with van der Waals surface area (Å²) in [6.45, 7) is 1.98. The minimum absolute atomic E-state index is 0.0375. The summed E-state index contributed by atoms with van der Waals surface area (Å²) in [6.07, 6.45) is 0.413. The monoisotopic (exact) mass is 551 g/mol. The second kappa shape index (κ2) is 14.7. The lowest BCUT2D eigenvalue weighted by atomic mass is 9.88. The summed E-state index contributed by atoms with van der Waals surface area (Å²) in [5.41, 5.74) is 4.03. The molecule has 0 saturated heterocycles.